The molecular weight excluding hydrogens is 374 g/mol. The molecule has 0 saturated carbocycles. The van der Waals surface area contributed by atoms with E-state index < -0.39 is 0 Å². The van der Waals surface area contributed by atoms with Crippen molar-refractivity contribution >= 4 is 11.9 Å². The third-order valence-corrected chi connectivity index (χ3v) is 6.32. The summed E-state index contributed by atoms with van der Waals surface area (Å²) in [5.74, 6) is 1.22. The molecule has 0 aliphatic carbocycles. The van der Waals surface area contributed by atoms with E-state index in [-0.39, 0.29) is 0 Å². The minimum atomic E-state index is 0.321. The first-order valence-corrected chi connectivity index (χ1v) is 11.8. The van der Waals surface area contributed by atoms with Crippen LogP contribution in [-0.2, 0) is 11.3 Å². The van der Waals surface area contributed by atoms with Gasteiger partial charge in [-0.25, -0.2) is 0 Å². The largest absolute Gasteiger partial charge is 0.357 e. The van der Waals surface area contributed by atoms with E-state index in [2.05, 4.69) is 64.6 Å². The Morgan fingerprint density at radius 1 is 1.17 bits per heavy atom. The molecule has 2 saturated heterocycles. The summed E-state index contributed by atoms with van der Waals surface area (Å²) in [4.78, 5) is 21.6. The first-order chi connectivity index (χ1) is 14.7. The van der Waals surface area contributed by atoms with Crippen molar-refractivity contribution in [3.63, 3.8) is 0 Å². The molecule has 2 aliphatic rings. The summed E-state index contributed by atoms with van der Waals surface area (Å²) in [7, 11) is 0. The van der Waals surface area contributed by atoms with Crippen LogP contribution < -0.4 is 10.6 Å². The SMILES string of the molecule is CCNC(=NCC1CCCN1Cc1ccccc1)NCCC(CC)N1CCCC1=O. The highest BCUT2D eigenvalue weighted by Gasteiger charge is 2.26. The molecule has 166 valence electrons. The average Bonchev–Trinajstić information content (AvgIpc) is 3.39. The highest BCUT2D eigenvalue weighted by Crippen LogP contribution is 2.20. The van der Waals surface area contributed by atoms with E-state index in [4.69, 9.17) is 4.99 Å². The molecule has 2 N–H and O–H groups in total. The molecule has 0 bridgehead atoms. The fraction of sp³-hybridized carbons (Fsp3) is 0.667. The molecule has 2 heterocycles. The Kier molecular flexibility index (Phi) is 9.00. The number of nitrogens with zero attached hydrogens (tertiary/aromatic N) is 3. The number of guanidine groups is 1. The van der Waals surface area contributed by atoms with Crippen molar-refractivity contribution in [1.82, 2.24) is 20.4 Å². The Bertz CT molecular complexity index is 677. The van der Waals surface area contributed by atoms with E-state index in [0.717, 1.165) is 70.9 Å². The lowest BCUT2D eigenvalue weighted by Gasteiger charge is -2.27. The number of hydrogen-bond acceptors (Lipinski definition) is 3. The highest BCUT2D eigenvalue weighted by molar-refractivity contribution is 5.80. The van der Waals surface area contributed by atoms with E-state index in [0.29, 0.717) is 18.0 Å². The van der Waals surface area contributed by atoms with E-state index in [9.17, 15) is 4.79 Å². The Labute approximate surface area is 182 Å². The van der Waals surface area contributed by atoms with Crippen molar-refractivity contribution in [2.24, 2.45) is 4.99 Å². The van der Waals surface area contributed by atoms with Gasteiger partial charge in [-0.2, -0.15) is 0 Å². The summed E-state index contributed by atoms with van der Waals surface area (Å²) in [6.07, 6.45) is 6.17. The standard InChI is InChI=1S/C24H39N5O/c1-3-21(29-17-9-13-23(29)30)14-15-26-24(25-4-2)27-18-22-12-8-16-28(22)19-20-10-6-5-7-11-20/h5-7,10-11,21-22H,3-4,8-9,12-19H2,1-2H3,(H2,25,26,27). The molecular formula is C24H39N5O. The molecule has 0 aromatic heterocycles. The Morgan fingerprint density at radius 3 is 2.70 bits per heavy atom. The molecule has 1 aromatic rings. The summed E-state index contributed by atoms with van der Waals surface area (Å²) in [6.45, 7) is 9.88. The van der Waals surface area contributed by atoms with E-state index in [1.165, 1.54) is 18.4 Å². The summed E-state index contributed by atoms with van der Waals surface area (Å²) < 4.78 is 0. The van der Waals surface area contributed by atoms with Crippen molar-refractivity contribution in [2.75, 3.05) is 32.7 Å². The van der Waals surface area contributed by atoms with Gasteiger partial charge < -0.3 is 15.5 Å². The topological polar surface area (TPSA) is 60.0 Å². The van der Waals surface area contributed by atoms with Crippen molar-refractivity contribution in [3.8, 4) is 0 Å². The molecule has 0 radical (unpaired) electrons. The van der Waals surface area contributed by atoms with Gasteiger partial charge in [0.25, 0.3) is 0 Å². The van der Waals surface area contributed by atoms with Gasteiger partial charge in [0, 0.05) is 44.7 Å². The first-order valence-electron chi connectivity index (χ1n) is 11.8. The molecule has 6 heteroatoms. The number of benzene rings is 1. The van der Waals surface area contributed by atoms with Crippen molar-refractivity contribution in [3.05, 3.63) is 35.9 Å². The Hall–Kier alpha value is -2.08. The molecule has 3 rings (SSSR count). The van der Waals surface area contributed by atoms with Crippen LogP contribution >= 0.6 is 0 Å². The Balaban J connectivity index is 1.49. The maximum atomic E-state index is 12.1. The van der Waals surface area contributed by atoms with Gasteiger partial charge in [-0.05, 0) is 51.1 Å². The van der Waals surface area contributed by atoms with Crippen LogP contribution in [0.25, 0.3) is 0 Å². The molecule has 0 spiro atoms. The number of rotatable bonds is 10. The predicted octanol–water partition coefficient (Wildman–Crippen LogP) is 3.00. The van der Waals surface area contributed by atoms with Crippen LogP contribution in [0.15, 0.2) is 35.3 Å². The number of carbonyl (C=O) groups is 1. The van der Waals surface area contributed by atoms with Crippen LogP contribution in [0.1, 0.15) is 57.9 Å². The van der Waals surface area contributed by atoms with Crippen LogP contribution in [0.4, 0.5) is 0 Å². The quantitative estimate of drug-likeness (QED) is 0.457. The third kappa shape index (κ3) is 6.46. The lowest BCUT2D eigenvalue weighted by atomic mass is 10.1. The summed E-state index contributed by atoms with van der Waals surface area (Å²) in [5.41, 5.74) is 1.38. The molecule has 1 amide bonds. The molecule has 2 fully saturated rings. The molecule has 2 unspecified atom stereocenters. The van der Waals surface area contributed by atoms with Crippen molar-refractivity contribution < 1.29 is 4.79 Å². The molecule has 2 atom stereocenters. The van der Waals surface area contributed by atoms with Crippen LogP contribution in [0.3, 0.4) is 0 Å². The second kappa shape index (κ2) is 11.9. The molecule has 1 aromatic carbocycles. The lowest BCUT2D eigenvalue weighted by molar-refractivity contribution is -0.129. The number of aliphatic imine (C=N–C) groups is 1. The van der Waals surface area contributed by atoms with E-state index >= 15 is 0 Å². The predicted molar refractivity (Wildman–Crippen MR) is 123 cm³/mol. The van der Waals surface area contributed by atoms with Crippen molar-refractivity contribution in [2.45, 2.75) is 71.0 Å². The second-order valence-corrected chi connectivity index (χ2v) is 8.44. The zero-order valence-electron chi connectivity index (χ0n) is 18.8. The number of likely N-dealkylation sites (tertiary alicyclic amines) is 2. The minimum Gasteiger partial charge on any atom is -0.357 e. The van der Waals surface area contributed by atoms with E-state index in [1.54, 1.807) is 0 Å². The summed E-state index contributed by atoms with van der Waals surface area (Å²) >= 11 is 0. The smallest absolute Gasteiger partial charge is 0.222 e. The normalized spacial score (nSPS) is 21.3. The minimum absolute atomic E-state index is 0.321. The maximum Gasteiger partial charge on any atom is 0.222 e. The number of nitrogens with one attached hydrogen (secondary N) is 2. The first kappa shape index (κ1) is 22.6. The van der Waals surface area contributed by atoms with Gasteiger partial charge in [-0.1, -0.05) is 37.3 Å². The van der Waals surface area contributed by atoms with Crippen LogP contribution in [-0.4, -0.2) is 66.5 Å². The van der Waals surface area contributed by atoms with Gasteiger partial charge in [0.2, 0.25) is 5.91 Å². The van der Waals surface area contributed by atoms with E-state index in [1.807, 2.05) is 0 Å². The monoisotopic (exact) mass is 413 g/mol. The van der Waals surface area contributed by atoms with Gasteiger partial charge in [0.15, 0.2) is 5.96 Å². The van der Waals surface area contributed by atoms with Gasteiger partial charge in [-0.3, -0.25) is 14.7 Å². The maximum absolute atomic E-state index is 12.1. The molecule has 30 heavy (non-hydrogen) atoms. The molecule has 6 nitrogen and oxygen atoms in total. The highest BCUT2D eigenvalue weighted by atomic mass is 16.2. The fourth-order valence-corrected chi connectivity index (χ4v) is 4.66. The van der Waals surface area contributed by atoms with Gasteiger partial charge >= 0.3 is 0 Å². The van der Waals surface area contributed by atoms with Crippen molar-refractivity contribution in [1.29, 1.82) is 0 Å². The average molecular weight is 414 g/mol. The van der Waals surface area contributed by atoms with Gasteiger partial charge in [-0.15, -0.1) is 0 Å². The fourth-order valence-electron chi connectivity index (χ4n) is 4.66. The zero-order chi connectivity index (χ0) is 21.2. The van der Waals surface area contributed by atoms with Gasteiger partial charge in [0.1, 0.15) is 0 Å². The number of amides is 1. The second-order valence-electron chi connectivity index (χ2n) is 8.44. The zero-order valence-corrected chi connectivity index (χ0v) is 18.8. The van der Waals surface area contributed by atoms with Gasteiger partial charge in [0.05, 0.1) is 6.54 Å². The summed E-state index contributed by atoms with van der Waals surface area (Å²) in [6, 6.07) is 11.6. The summed E-state index contributed by atoms with van der Waals surface area (Å²) in [5, 5.41) is 6.88. The number of hydrogen-bond donors (Lipinski definition) is 2. The number of carbonyl (C=O) groups excluding carboxylic acids is 1. The van der Waals surface area contributed by atoms with Crippen LogP contribution in [0.5, 0.6) is 0 Å². The third-order valence-electron chi connectivity index (χ3n) is 6.32. The molecule has 2 aliphatic heterocycles. The van der Waals surface area contributed by atoms with Crippen LogP contribution in [0, 0.1) is 0 Å². The Morgan fingerprint density at radius 2 is 2.00 bits per heavy atom. The lowest BCUT2D eigenvalue weighted by Crippen LogP contribution is -2.42. The van der Waals surface area contributed by atoms with Crippen LogP contribution in [0.2, 0.25) is 0 Å².